The summed E-state index contributed by atoms with van der Waals surface area (Å²) in [5.41, 5.74) is 3.55. The maximum Gasteiger partial charge on any atom is 0.309 e. The molecule has 5 fully saturated rings. The van der Waals surface area contributed by atoms with Crippen molar-refractivity contribution in [2.45, 2.75) is 144 Å². The number of allylic oxidation sites excluding steroid dienone is 1. The number of hydrogen-bond donors (Lipinski definition) is 3. The number of aliphatic hydroxyl groups excluding tert-OH is 1. The van der Waals surface area contributed by atoms with Crippen LogP contribution in [0, 0.1) is 68.4 Å². The molecule has 6 aliphatic rings. The van der Waals surface area contributed by atoms with Gasteiger partial charge >= 0.3 is 11.9 Å². The van der Waals surface area contributed by atoms with Crippen molar-refractivity contribution in [3.8, 4) is 11.3 Å². The number of aromatic nitrogens is 2. The molecule has 0 bridgehead atoms. The molecule has 8 rings (SSSR count). The number of fused-ring (bicyclic) bond motifs is 7. The average Bonchev–Trinajstić information content (AvgIpc) is 3.70. The Morgan fingerprint density at radius 3 is 2.22 bits per heavy atom. The number of aliphatic hydroxyl groups is 1. The van der Waals surface area contributed by atoms with E-state index < -0.39 is 23.4 Å². The van der Waals surface area contributed by atoms with Crippen LogP contribution in [0.1, 0.15) is 132 Å². The van der Waals surface area contributed by atoms with Gasteiger partial charge < -0.3 is 19.9 Å². The number of H-pyrrole nitrogens is 1. The Morgan fingerprint density at radius 1 is 0.870 bits per heavy atom. The van der Waals surface area contributed by atoms with E-state index in [-0.39, 0.29) is 56.8 Å². The van der Waals surface area contributed by atoms with Gasteiger partial charge in [0, 0.05) is 5.41 Å². The van der Waals surface area contributed by atoms with E-state index >= 15 is 0 Å². The summed E-state index contributed by atoms with van der Waals surface area (Å²) in [6.07, 6.45) is 10.5. The summed E-state index contributed by atoms with van der Waals surface area (Å²) in [7, 11) is 0. The number of aliphatic carboxylic acids is 1. The molecule has 6 aliphatic carbocycles. The van der Waals surface area contributed by atoms with Gasteiger partial charge in [0.05, 0.1) is 35.2 Å². The standard InChI is InChI=1S/C46H63FN2O5/c1-25(2)36-32(50)23-46(40-48-24-31(49-40)26-10-12-27(47)13-11-26)21-20-44(8)28(37(36)46)14-15-34-43(7)18-17-35(42(5,6)33(43)16-19-45(34,44)9)54-39(53)30-22-29(38(51)52)41(30,3)4/h10-13,24-25,28-30,32-35,50H,14-23H2,1-9H3,(H,48,49)(H,51,52)/t28-,29+,30-,32?,33+,34-,35+,43+,44-,45-,46-/m1/s1. The van der Waals surface area contributed by atoms with Crippen LogP contribution in [0.25, 0.3) is 11.3 Å². The number of carboxylic acid groups (broad SMARTS) is 1. The zero-order chi connectivity index (χ0) is 39.0. The third-order valence-corrected chi connectivity index (χ3v) is 17.9. The van der Waals surface area contributed by atoms with Crippen LogP contribution < -0.4 is 0 Å². The average molecular weight is 743 g/mol. The number of halogens is 1. The second-order valence-corrected chi connectivity index (χ2v) is 20.9. The van der Waals surface area contributed by atoms with E-state index in [2.05, 4.69) is 53.5 Å². The van der Waals surface area contributed by atoms with Crippen molar-refractivity contribution in [1.29, 1.82) is 0 Å². The topological polar surface area (TPSA) is 113 Å². The lowest BCUT2D eigenvalue weighted by atomic mass is 9.33. The van der Waals surface area contributed by atoms with Gasteiger partial charge in [0.1, 0.15) is 17.7 Å². The molecule has 0 radical (unpaired) electrons. The number of carbonyl (C=O) groups excluding carboxylic acids is 1. The van der Waals surface area contributed by atoms with Crippen LogP contribution in [0.5, 0.6) is 0 Å². The molecule has 5 saturated carbocycles. The van der Waals surface area contributed by atoms with Crippen molar-refractivity contribution >= 4 is 11.9 Å². The molecule has 54 heavy (non-hydrogen) atoms. The Balaban J connectivity index is 1.09. The van der Waals surface area contributed by atoms with Gasteiger partial charge in [-0.05, 0) is 145 Å². The number of benzene rings is 1. The minimum Gasteiger partial charge on any atom is -0.481 e. The van der Waals surface area contributed by atoms with Gasteiger partial charge in [-0.1, -0.05) is 67.9 Å². The van der Waals surface area contributed by atoms with E-state index in [1.807, 2.05) is 20.0 Å². The summed E-state index contributed by atoms with van der Waals surface area (Å²) >= 11 is 0. The summed E-state index contributed by atoms with van der Waals surface area (Å²) in [5.74, 6) is 0.260. The van der Waals surface area contributed by atoms with E-state index in [9.17, 15) is 24.2 Å². The molecule has 1 aromatic heterocycles. The first-order valence-electron chi connectivity index (χ1n) is 20.9. The Hall–Kier alpha value is -3.00. The predicted octanol–water partition coefficient (Wildman–Crippen LogP) is 9.90. The Labute approximate surface area is 321 Å². The highest BCUT2D eigenvalue weighted by molar-refractivity contribution is 5.81. The molecule has 0 amide bonds. The Morgan fingerprint density at radius 2 is 1.57 bits per heavy atom. The van der Waals surface area contributed by atoms with E-state index in [0.29, 0.717) is 30.6 Å². The highest BCUT2D eigenvalue weighted by Gasteiger charge is 2.71. The lowest BCUT2D eigenvalue weighted by Gasteiger charge is -2.72. The Bertz CT molecular complexity index is 1880. The van der Waals surface area contributed by atoms with Gasteiger partial charge in [0.2, 0.25) is 0 Å². The van der Waals surface area contributed by atoms with Crippen LogP contribution in [-0.2, 0) is 19.7 Å². The van der Waals surface area contributed by atoms with Crippen molar-refractivity contribution < 1.29 is 28.9 Å². The first-order valence-corrected chi connectivity index (χ1v) is 20.9. The third kappa shape index (κ3) is 5.02. The summed E-state index contributed by atoms with van der Waals surface area (Å²) in [6.45, 7) is 20.7. The van der Waals surface area contributed by atoms with Crippen molar-refractivity contribution in [1.82, 2.24) is 9.97 Å². The Kier molecular flexibility index (Phi) is 8.60. The number of carbonyl (C=O) groups is 2. The summed E-state index contributed by atoms with van der Waals surface area (Å²) in [6, 6.07) is 6.57. The lowest BCUT2D eigenvalue weighted by Crippen LogP contribution is -2.66. The molecule has 7 nitrogen and oxygen atoms in total. The van der Waals surface area contributed by atoms with Gasteiger partial charge in [-0.3, -0.25) is 9.59 Å². The van der Waals surface area contributed by atoms with Crippen LogP contribution in [0.2, 0.25) is 0 Å². The van der Waals surface area contributed by atoms with E-state index in [1.54, 1.807) is 12.1 Å². The summed E-state index contributed by atoms with van der Waals surface area (Å²) < 4.78 is 20.2. The van der Waals surface area contributed by atoms with Crippen LogP contribution >= 0.6 is 0 Å². The normalized spacial score (nSPS) is 42.0. The van der Waals surface area contributed by atoms with Crippen molar-refractivity contribution in [2.75, 3.05) is 0 Å². The number of esters is 1. The van der Waals surface area contributed by atoms with Crippen molar-refractivity contribution in [3.05, 3.63) is 53.3 Å². The van der Waals surface area contributed by atoms with Crippen molar-refractivity contribution in [2.24, 2.45) is 62.6 Å². The second-order valence-electron chi connectivity index (χ2n) is 20.9. The highest BCUT2D eigenvalue weighted by Crippen LogP contribution is 2.77. The number of ether oxygens (including phenoxy) is 1. The smallest absolute Gasteiger partial charge is 0.309 e. The monoisotopic (exact) mass is 742 g/mol. The molecule has 3 N–H and O–H groups in total. The molecular formula is C46H63FN2O5. The molecule has 1 heterocycles. The molecule has 1 unspecified atom stereocenters. The number of hydrogen-bond acceptors (Lipinski definition) is 5. The van der Waals surface area contributed by atoms with Crippen LogP contribution in [0.3, 0.4) is 0 Å². The van der Waals surface area contributed by atoms with Crippen molar-refractivity contribution in [3.63, 3.8) is 0 Å². The summed E-state index contributed by atoms with van der Waals surface area (Å²) in [4.78, 5) is 34.1. The van der Waals surface area contributed by atoms with Crippen LogP contribution in [0.15, 0.2) is 41.6 Å². The van der Waals surface area contributed by atoms with Gasteiger partial charge in [-0.15, -0.1) is 0 Å². The molecule has 1 aromatic carbocycles. The number of rotatable bonds is 6. The fourth-order valence-corrected chi connectivity index (χ4v) is 14.6. The zero-order valence-electron chi connectivity index (χ0n) is 34.0. The van der Waals surface area contributed by atoms with E-state index in [1.165, 1.54) is 23.3 Å². The SMILES string of the molecule is CC(C)C1=C2[C@H]3CC[C@@H]4[C@@]5(C)CC[C@H](OC(=O)[C@H]6C[C@@H](C(=O)O)C6(C)C)C(C)(C)[C@@H]5CC[C@@]4(C)[C@]3(C)CC[C@@]2(c2ncc(-c3ccc(F)cc3)[nH]2)CC1O. The molecule has 0 spiro atoms. The molecule has 294 valence electrons. The van der Waals surface area contributed by atoms with Gasteiger partial charge in [-0.2, -0.15) is 0 Å². The molecule has 0 saturated heterocycles. The highest BCUT2D eigenvalue weighted by atomic mass is 19.1. The fourth-order valence-electron chi connectivity index (χ4n) is 14.6. The predicted molar refractivity (Wildman–Crippen MR) is 207 cm³/mol. The minimum absolute atomic E-state index is 0.0449. The lowest BCUT2D eigenvalue weighted by molar-refractivity contribution is -0.235. The maximum atomic E-state index is 13.8. The largest absolute Gasteiger partial charge is 0.481 e. The minimum atomic E-state index is -0.826. The summed E-state index contributed by atoms with van der Waals surface area (Å²) in [5, 5.41) is 21.6. The first kappa shape index (κ1) is 37.9. The van der Waals surface area contributed by atoms with E-state index in [4.69, 9.17) is 9.72 Å². The molecule has 8 heteroatoms. The zero-order valence-corrected chi connectivity index (χ0v) is 34.0. The number of nitrogens with one attached hydrogen (secondary N) is 1. The number of carboxylic acids is 1. The number of nitrogens with zero attached hydrogens (tertiary/aromatic N) is 1. The van der Waals surface area contributed by atoms with Gasteiger partial charge in [0.15, 0.2) is 0 Å². The molecule has 11 atom stereocenters. The quantitative estimate of drug-likeness (QED) is 0.201. The second kappa shape index (κ2) is 12.2. The van der Waals surface area contributed by atoms with Crippen LogP contribution in [0.4, 0.5) is 4.39 Å². The van der Waals surface area contributed by atoms with Crippen LogP contribution in [-0.4, -0.2) is 44.3 Å². The third-order valence-electron chi connectivity index (χ3n) is 17.9. The number of imidazole rings is 1. The fraction of sp³-hybridized carbons (Fsp3) is 0.717. The molecular weight excluding hydrogens is 680 g/mol. The first-order chi connectivity index (χ1) is 25.2. The van der Waals surface area contributed by atoms with Gasteiger partial charge in [-0.25, -0.2) is 9.37 Å². The maximum absolute atomic E-state index is 13.8. The number of aromatic amines is 1. The van der Waals surface area contributed by atoms with E-state index in [0.717, 1.165) is 68.4 Å². The van der Waals surface area contributed by atoms with Gasteiger partial charge in [0.25, 0.3) is 0 Å². The molecule has 2 aromatic rings. The molecule has 0 aliphatic heterocycles.